The quantitative estimate of drug-likeness (QED) is 0.596. The Balaban J connectivity index is 1.83. The highest BCUT2D eigenvalue weighted by Gasteiger charge is 2.09. The highest BCUT2D eigenvalue weighted by Crippen LogP contribution is 2.13. The van der Waals surface area contributed by atoms with E-state index in [0.717, 1.165) is 10.4 Å². The number of nitrogens with two attached hydrogens (primary N) is 1. The molecule has 1 amide bonds. The van der Waals surface area contributed by atoms with Gasteiger partial charge in [-0.2, -0.15) is 0 Å². The number of amides is 1. The van der Waals surface area contributed by atoms with Gasteiger partial charge in [0, 0.05) is 22.4 Å². The maximum atomic E-state index is 11.6. The molecule has 1 heterocycles. The van der Waals surface area contributed by atoms with Gasteiger partial charge in [0.2, 0.25) is 0 Å². The van der Waals surface area contributed by atoms with Crippen molar-refractivity contribution < 1.29 is 9.53 Å². The molecule has 0 saturated heterocycles. The average molecular weight is 289 g/mol. The molecule has 4 N–H and O–H groups in total. The Hall–Kier alpha value is -2.18. The summed E-state index contributed by atoms with van der Waals surface area (Å²) in [5.41, 5.74) is 7.03. The van der Waals surface area contributed by atoms with Crippen molar-refractivity contribution in [3.8, 4) is 0 Å². The Labute approximate surface area is 120 Å². The third-order valence-electron chi connectivity index (χ3n) is 2.58. The topological polar surface area (TPSA) is 88.2 Å². The van der Waals surface area contributed by atoms with Crippen LogP contribution >= 0.6 is 11.3 Å². The fourth-order valence-corrected chi connectivity index (χ4v) is 2.31. The standard InChI is InChI=1S/C14H15N3O2S/c15-7-12-6-11(9-20-12)13(16)17-14(18)19-8-10-4-2-1-3-5-10/h1-6,9H,7-8,15H2,(H2,16,17,18). The maximum absolute atomic E-state index is 11.6. The van der Waals surface area contributed by atoms with Gasteiger partial charge in [-0.3, -0.25) is 10.7 Å². The van der Waals surface area contributed by atoms with E-state index in [-0.39, 0.29) is 12.4 Å². The minimum Gasteiger partial charge on any atom is -0.444 e. The van der Waals surface area contributed by atoms with Gasteiger partial charge < -0.3 is 10.5 Å². The van der Waals surface area contributed by atoms with Gasteiger partial charge in [0.1, 0.15) is 12.4 Å². The van der Waals surface area contributed by atoms with E-state index in [0.29, 0.717) is 12.1 Å². The number of thiophene rings is 1. The molecule has 20 heavy (non-hydrogen) atoms. The monoisotopic (exact) mass is 289 g/mol. The van der Waals surface area contributed by atoms with Gasteiger partial charge in [0.15, 0.2) is 0 Å². The van der Waals surface area contributed by atoms with E-state index in [1.807, 2.05) is 30.3 Å². The Morgan fingerprint density at radius 2 is 2.10 bits per heavy atom. The predicted octanol–water partition coefficient (Wildman–Crippen LogP) is 2.46. The van der Waals surface area contributed by atoms with E-state index in [4.69, 9.17) is 15.9 Å². The minimum atomic E-state index is -0.639. The zero-order valence-electron chi connectivity index (χ0n) is 10.8. The molecule has 6 heteroatoms. The number of nitrogens with one attached hydrogen (secondary N) is 2. The highest BCUT2D eigenvalue weighted by atomic mass is 32.1. The number of hydrogen-bond acceptors (Lipinski definition) is 5. The normalized spacial score (nSPS) is 10.1. The molecule has 2 rings (SSSR count). The first kappa shape index (κ1) is 14.2. The van der Waals surface area contributed by atoms with Gasteiger partial charge in [-0.1, -0.05) is 30.3 Å². The Kier molecular flexibility index (Phi) is 4.86. The summed E-state index contributed by atoms with van der Waals surface area (Å²) in [7, 11) is 0. The molecule has 0 aliphatic carbocycles. The summed E-state index contributed by atoms with van der Waals surface area (Å²) in [6, 6.07) is 11.2. The number of alkyl carbamates (subject to hydrolysis) is 1. The molecule has 0 spiro atoms. The van der Waals surface area contributed by atoms with Crippen molar-refractivity contribution in [2.45, 2.75) is 13.2 Å². The number of benzene rings is 1. The molecule has 104 valence electrons. The van der Waals surface area contributed by atoms with Crippen LogP contribution in [0.2, 0.25) is 0 Å². The van der Waals surface area contributed by atoms with Gasteiger partial charge in [0.05, 0.1) is 0 Å². The molecule has 0 saturated carbocycles. The van der Waals surface area contributed by atoms with Crippen LogP contribution in [-0.2, 0) is 17.9 Å². The lowest BCUT2D eigenvalue weighted by molar-refractivity contribution is 0.145. The van der Waals surface area contributed by atoms with Crippen LogP contribution in [0.4, 0.5) is 4.79 Å². The Morgan fingerprint density at radius 1 is 1.35 bits per heavy atom. The van der Waals surface area contributed by atoms with Crippen molar-refractivity contribution in [3.05, 3.63) is 57.8 Å². The predicted molar refractivity (Wildman–Crippen MR) is 78.8 cm³/mol. The second-order valence-electron chi connectivity index (χ2n) is 4.07. The zero-order valence-corrected chi connectivity index (χ0v) is 11.6. The van der Waals surface area contributed by atoms with Crippen molar-refractivity contribution >= 4 is 23.3 Å². The van der Waals surface area contributed by atoms with Gasteiger partial charge in [0.25, 0.3) is 0 Å². The van der Waals surface area contributed by atoms with Crippen LogP contribution in [0.3, 0.4) is 0 Å². The second kappa shape index (κ2) is 6.83. The van der Waals surface area contributed by atoms with E-state index < -0.39 is 6.09 Å². The number of carbonyl (C=O) groups excluding carboxylic acids is 1. The van der Waals surface area contributed by atoms with E-state index in [9.17, 15) is 4.79 Å². The molecule has 0 unspecified atom stereocenters. The fraction of sp³-hybridized carbons (Fsp3) is 0.143. The van der Waals surface area contributed by atoms with Crippen LogP contribution in [0.1, 0.15) is 16.0 Å². The largest absolute Gasteiger partial charge is 0.444 e. The van der Waals surface area contributed by atoms with E-state index >= 15 is 0 Å². The number of carbonyl (C=O) groups is 1. The molecule has 0 aliphatic rings. The first-order valence-electron chi connectivity index (χ1n) is 6.03. The first-order valence-corrected chi connectivity index (χ1v) is 6.91. The van der Waals surface area contributed by atoms with Crippen LogP contribution < -0.4 is 11.1 Å². The lowest BCUT2D eigenvalue weighted by Crippen LogP contribution is -2.30. The summed E-state index contributed by atoms with van der Waals surface area (Å²) < 4.78 is 5.04. The number of amidine groups is 1. The molecular formula is C14H15N3O2S. The van der Waals surface area contributed by atoms with Crippen LogP contribution in [0, 0.1) is 5.41 Å². The minimum absolute atomic E-state index is 0.0130. The number of ether oxygens (including phenoxy) is 1. The molecule has 0 radical (unpaired) electrons. The fourth-order valence-electron chi connectivity index (χ4n) is 1.55. The van der Waals surface area contributed by atoms with Gasteiger partial charge in [-0.25, -0.2) is 4.79 Å². The molecule has 0 fully saturated rings. The van der Waals surface area contributed by atoms with Crippen LogP contribution in [0.5, 0.6) is 0 Å². The third kappa shape index (κ3) is 3.91. The van der Waals surface area contributed by atoms with Crippen molar-refractivity contribution in [2.75, 3.05) is 0 Å². The molecule has 1 aromatic heterocycles. The van der Waals surface area contributed by atoms with Crippen molar-refractivity contribution in [1.82, 2.24) is 5.32 Å². The highest BCUT2D eigenvalue weighted by molar-refractivity contribution is 7.10. The molecule has 5 nitrogen and oxygen atoms in total. The summed E-state index contributed by atoms with van der Waals surface area (Å²) in [4.78, 5) is 12.5. The van der Waals surface area contributed by atoms with Gasteiger partial charge >= 0.3 is 6.09 Å². The van der Waals surface area contributed by atoms with Gasteiger partial charge in [-0.05, 0) is 11.6 Å². The third-order valence-corrected chi connectivity index (χ3v) is 3.54. The molecule has 0 bridgehead atoms. The summed E-state index contributed by atoms with van der Waals surface area (Å²) in [6.07, 6.45) is -0.639. The SMILES string of the molecule is N=C(NC(=O)OCc1ccccc1)c1csc(CN)c1. The van der Waals surface area contributed by atoms with Crippen LogP contribution in [0.25, 0.3) is 0 Å². The van der Waals surface area contributed by atoms with E-state index in [2.05, 4.69) is 5.32 Å². The Morgan fingerprint density at radius 3 is 2.75 bits per heavy atom. The first-order chi connectivity index (χ1) is 9.69. The van der Waals surface area contributed by atoms with Crippen molar-refractivity contribution in [1.29, 1.82) is 5.41 Å². The van der Waals surface area contributed by atoms with E-state index in [1.165, 1.54) is 11.3 Å². The van der Waals surface area contributed by atoms with Crippen molar-refractivity contribution in [2.24, 2.45) is 5.73 Å². The molecule has 2 aromatic rings. The van der Waals surface area contributed by atoms with Crippen LogP contribution in [-0.4, -0.2) is 11.9 Å². The maximum Gasteiger partial charge on any atom is 0.413 e. The number of hydrogen-bond donors (Lipinski definition) is 3. The average Bonchev–Trinajstić information content (AvgIpc) is 2.95. The molecule has 0 atom stereocenters. The van der Waals surface area contributed by atoms with E-state index in [1.54, 1.807) is 11.4 Å². The summed E-state index contributed by atoms with van der Waals surface area (Å²) in [5.74, 6) is 0.0130. The number of rotatable bonds is 4. The summed E-state index contributed by atoms with van der Waals surface area (Å²) >= 11 is 1.46. The Bertz CT molecular complexity index is 595. The lowest BCUT2D eigenvalue weighted by atomic mass is 10.2. The second-order valence-corrected chi connectivity index (χ2v) is 5.06. The smallest absolute Gasteiger partial charge is 0.413 e. The zero-order chi connectivity index (χ0) is 14.4. The molecular weight excluding hydrogens is 274 g/mol. The lowest BCUT2D eigenvalue weighted by Gasteiger charge is -2.07. The molecule has 1 aromatic carbocycles. The summed E-state index contributed by atoms with van der Waals surface area (Å²) in [5, 5.41) is 12.0. The molecule has 0 aliphatic heterocycles. The van der Waals surface area contributed by atoms with Gasteiger partial charge in [-0.15, -0.1) is 11.3 Å². The van der Waals surface area contributed by atoms with Crippen molar-refractivity contribution in [3.63, 3.8) is 0 Å². The summed E-state index contributed by atoms with van der Waals surface area (Å²) in [6.45, 7) is 0.605. The van der Waals surface area contributed by atoms with Crippen LogP contribution in [0.15, 0.2) is 41.8 Å².